The van der Waals surface area contributed by atoms with Crippen molar-refractivity contribution >= 4 is 54.3 Å². The molecule has 0 saturated heterocycles. The Morgan fingerprint density at radius 3 is 2.52 bits per heavy atom. The molecule has 0 radical (unpaired) electrons. The van der Waals surface area contributed by atoms with Crippen molar-refractivity contribution in [3.05, 3.63) is 71.1 Å². The summed E-state index contributed by atoms with van der Waals surface area (Å²) < 4.78 is 1.41. The van der Waals surface area contributed by atoms with Gasteiger partial charge in [-0.3, -0.25) is 0 Å². The van der Waals surface area contributed by atoms with Gasteiger partial charge in [0, 0.05) is 21.4 Å². The van der Waals surface area contributed by atoms with Crippen LogP contribution < -0.4 is 0 Å². The first-order chi connectivity index (χ1) is 11.4. The van der Waals surface area contributed by atoms with Gasteiger partial charge in [-0.1, -0.05) is 42.5 Å². The van der Waals surface area contributed by atoms with E-state index >= 15 is 0 Å². The van der Waals surface area contributed by atoms with Crippen molar-refractivity contribution < 1.29 is 0 Å². The van der Waals surface area contributed by atoms with Crippen molar-refractivity contribution in [2.75, 3.05) is 0 Å². The topological polar surface area (TPSA) is 0 Å². The maximum absolute atomic E-state index is 2.35. The molecular formula is C21H12S2. The van der Waals surface area contributed by atoms with E-state index in [1.165, 1.54) is 52.5 Å². The summed E-state index contributed by atoms with van der Waals surface area (Å²) in [4.78, 5) is 2.97. The molecule has 108 valence electrons. The lowest BCUT2D eigenvalue weighted by atomic mass is 9.88. The molecule has 1 aliphatic carbocycles. The van der Waals surface area contributed by atoms with Gasteiger partial charge in [0.15, 0.2) is 0 Å². The Labute approximate surface area is 141 Å². The van der Waals surface area contributed by atoms with E-state index in [9.17, 15) is 0 Å². The van der Waals surface area contributed by atoms with Gasteiger partial charge in [0.2, 0.25) is 0 Å². The van der Waals surface area contributed by atoms with E-state index in [0.717, 1.165) is 6.42 Å². The number of benzene rings is 3. The standard InChI is InChI=1S/C21H12S2/c1-2-6-14-12(5-1)9-13-11-22-21-19(13)16(14)10-17-15-7-3-4-8-18(15)23-20(17)21/h1-9,11H,10H2. The number of thiophene rings is 2. The van der Waals surface area contributed by atoms with Gasteiger partial charge < -0.3 is 0 Å². The van der Waals surface area contributed by atoms with E-state index in [2.05, 4.69) is 60.0 Å². The van der Waals surface area contributed by atoms with Crippen LogP contribution in [0.15, 0.2) is 60.0 Å². The Bertz CT molecular complexity index is 1240. The lowest BCUT2D eigenvalue weighted by molar-refractivity contribution is 1.26. The van der Waals surface area contributed by atoms with E-state index in [1.54, 1.807) is 0 Å². The van der Waals surface area contributed by atoms with Crippen LogP contribution >= 0.6 is 22.7 Å². The van der Waals surface area contributed by atoms with E-state index in [1.807, 2.05) is 22.7 Å². The molecule has 0 saturated carbocycles. The third-order valence-electron chi connectivity index (χ3n) is 4.98. The van der Waals surface area contributed by atoms with Crippen LogP contribution in [0.1, 0.15) is 11.1 Å². The minimum absolute atomic E-state index is 1.06. The zero-order chi connectivity index (χ0) is 15.0. The SMILES string of the molecule is c1ccc2c3c4c(scc4cc2c1)-c1sc2ccccc2c1C3. The van der Waals surface area contributed by atoms with Crippen LogP contribution in [0.4, 0.5) is 0 Å². The third-order valence-corrected chi connectivity index (χ3v) is 7.35. The molecule has 2 aromatic heterocycles. The Hall–Kier alpha value is -2.16. The van der Waals surface area contributed by atoms with Crippen LogP contribution in [0.25, 0.3) is 41.4 Å². The first kappa shape index (κ1) is 12.3. The highest BCUT2D eigenvalue weighted by Crippen LogP contribution is 2.51. The summed E-state index contributed by atoms with van der Waals surface area (Å²) in [6.07, 6.45) is 1.06. The molecule has 6 rings (SSSR count). The quantitative estimate of drug-likeness (QED) is 0.286. The largest absolute Gasteiger partial charge is 0.142 e. The first-order valence-corrected chi connectivity index (χ1v) is 9.52. The molecule has 0 N–H and O–H groups in total. The average Bonchev–Trinajstić information content (AvgIpc) is 3.17. The number of hydrogen-bond donors (Lipinski definition) is 0. The van der Waals surface area contributed by atoms with Crippen molar-refractivity contribution in [3.63, 3.8) is 0 Å². The highest BCUT2D eigenvalue weighted by Gasteiger charge is 2.25. The second-order valence-corrected chi connectivity index (χ2v) is 8.12. The van der Waals surface area contributed by atoms with Crippen molar-refractivity contribution in [1.82, 2.24) is 0 Å². The molecule has 5 aromatic rings. The predicted molar refractivity (Wildman–Crippen MR) is 103 cm³/mol. The van der Waals surface area contributed by atoms with Crippen molar-refractivity contribution in [3.8, 4) is 9.75 Å². The van der Waals surface area contributed by atoms with Crippen molar-refractivity contribution in [2.24, 2.45) is 0 Å². The average molecular weight is 328 g/mol. The molecule has 0 aliphatic heterocycles. The van der Waals surface area contributed by atoms with Crippen LogP contribution in [-0.4, -0.2) is 0 Å². The zero-order valence-corrected chi connectivity index (χ0v) is 13.9. The van der Waals surface area contributed by atoms with E-state index in [0.29, 0.717) is 0 Å². The fourth-order valence-electron chi connectivity index (χ4n) is 3.97. The molecule has 2 heteroatoms. The molecular weight excluding hydrogens is 316 g/mol. The maximum Gasteiger partial charge on any atom is 0.0527 e. The molecule has 0 nitrogen and oxygen atoms in total. The van der Waals surface area contributed by atoms with Gasteiger partial charge in [-0.2, -0.15) is 0 Å². The van der Waals surface area contributed by atoms with E-state index in [-0.39, 0.29) is 0 Å². The second kappa shape index (κ2) is 4.22. The normalized spacial score (nSPS) is 13.0. The fourth-order valence-corrected chi connectivity index (χ4v) is 6.43. The summed E-state index contributed by atoms with van der Waals surface area (Å²) in [5, 5.41) is 9.45. The Morgan fingerprint density at radius 1 is 0.739 bits per heavy atom. The monoisotopic (exact) mass is 328 g/mol. The highest BCUT2D eigenvalue weighted by molar-refractivity contribution is 7.26. The smallest absolute Gasteiger partial charge is 0.0527 e. The molecule has 0 unspecified atom stereocenters. The maximum atomic E-state index is 2.35. The van der Waals surface area contributed by atoms with Crippen LogP contribution in [0.3, 0.4) is 0 Å². The first-order valence-electron chi connectivity index (χ1n) is 7.83. The molecule has 23 heavy (non-hydrogen) atoms. The predicted octanol–water partition coefficient (Wildman–Crippen LogP) is 6.84. The van der Waals surface area contributed by atoms with Gasteiger partial charge >= 0.3 is 0 Å². The molecule has 0 amide bonds. The summed E-state index contributed by atoms with van der Waals surface area (Å²) in [7, 11) is 0. The number of hydrogen-bond acceptors (Lipinski definition) is 2. The van der Waals surface area contributed by atoms with Crippen LogP contribution in [0.5, 0.6) is 0 Å². The zero-order valence-electron chi connectivity index (χ0n) is 12.3. The van der Waals surface area contributed by atoms with Crippen LogP contribution in [0.2, 0.25) is 0 Å². The Balaban J connectivity index is 1.84. The third kappa shape index (κ3) is 1.50. The van der Waals surface area contributed by atoms with Crippen LogP contribution in [-0.2, 0) is 6.42 Å². The van der Waals surface area contributed by atoms with Gasteiger partial charge in [-0.15, -0.1) is 22.7 Å². The fraction of sp³-hybridized carbons (Fsp3) is 0.0476. The Kier molecular flexibility index (Phi) is 2.26. The van der Waals surface area contributed by atoms with Gasteiger partial charge in [0.05, 0.1) is 4.88 Å². The Morgan fingerprint density at radius 2 is 1.57 bits per heavy atom. The van der Waals surface area contributed by atoms with Gasteiger partial charge in [-0.05, 0) is 50.2 Å². The van der Waals surface area contributed by atoms with Crippen molar-refractivity contribution in [1.29, 1.82) is 0 Å². The molecule has 0 spiro atoms. The molecule has 3 aromatic carbocycles. The second-order valence-electron chi connectivity index (χ2n) is 6.19. The lowest BCUT2D eigenvalue weighted by Crippen LogP contribution is -1.97. The number of fused-ring (bicyclic) bond motifs is 6. The molecule has 0 fully saturated rings. The minimum atomic E-state index is 1.06. The molecule has 1 aliphatic rings. The highest BCUT2D eigenvalue weighted by atomic mass is 32.1. The summed E-state index contributed by atoms with van der Waals surface area (Å²) >= 11 is 3.86. The summed E-state index contributed by atoms with van der Waals surface area (Å²) in [6.45, 7) is 0. The summed E-state index contributed by atoms with van der Waals surface area (Å²) in [5.41, 5.74) is 3.05. The summed E-state index contributed by atoms with van der Waals surface area (Å²) in [6, 6.07) is 20.0. The minimum Gasteiger partial charge on any atom is -0.142 e. The summed E-state index contributed by atoms with van der Waals surface area (Å²) in [5.74, 6) is 0. The molecule has 0 atom stereocenters. The van der Waals surface area contributed by atoms with Crippen LogP contribution in [0, 0.1) is 0 Å². The lowest BCUT2D eigenvalue weighted by Gasteiger charge is -2.16. The van der Waals surface area contributed by atoms with Gasteiger partial charge in [0.1, 0.15) is 0 Å². The van der Waals surface area contributed by atoms with Crippen molar-refractivity contribution in [2.45, 2.75) is 6.42 Å². The van der Waals surface area contributed by atoms with Gasteiger partial charge in [0.25, 0.3) is 0 Å². The van der Waals surface area contributed by atoms with E-state index < -0.39 is 0 Å². The molecule has 2 heterocycles. The number of rotatable bonds is 0. The van der Waals surface area contributed by atoms with Gasteiger partial charge in [-0.25, -0.2) is 0 Å². The molecule has 0 bridgehead atoms. The van der Waals surface area contributed by atoms with E-state index in [4.69, 9.17) is 0 Å².